The minimum Gasteiger partial charge on any atom is -0.355 e. The fourth-order valence-electron chi connectivity index (χ4n) is 3.78. The average molecular weight is 440 g/mol. The van der Waals surface area contributed by atoms with Crippen molar-refractivity contribution in [3.8, 4) is 10.4 Å². The maximum absolute atomic E-state index is 12.6. The van der Waals surface area contributed by atoms with Gasteiger partial charge in [-0.2, -0.15) is 0 Å². The molecule has 3 aromatic rings. The Kier molecular flexibility index (Phi) is 7.11. The van der Waals surface area contributed by atoms with Gasteiger partial charge in [0, 0.05) is 37.6 Å². The number of hydrogen-bond donors (Lipinski definition) is 2. The fraction of sp³-hybridized carbons (Fsp3) is 0.435. The standard InChI is InChI=1S/C23H29N5O2S/c1-2-3-9-24-21(29)16-28-12-10-27(11-13-28)15-20-25-22(30)18-14-19(31-23(18)26-20)17-7-5-4-6-8-17/h4-8,14H,2-3,9-13,15-16H2,1H3,(H,24,29)(H,25,26,30). The number of H-pyrrole nitrogens is 1. The smallest absolute Gasteiger partial charge is 0.259 e. The third-order valence-electron chi connectivity index (χ3n) is 5.57. The van der Waals surface area contributed by atoms with Gasteiger partial charge in [0.05, 0.1) is 18.5 Å². The molecule has 2 N–H and O–H groups in total. The lowest BCUT2D eigenvalue weighted by Gasteiger charge is -2.33. The fourth-order valence-corrected chi connectivity index (χ4v) is 4.83. The second-order valence-corrected chi connectivity index (χ2v) is 8.99. The van der Waals surface area contributed by atoms with Gasteiger partial charge in [-0.15, -0.1) is 11.3 Å². The molecule has 0 aliphatic carbocycles. The maximum atomic E-state index is 12.6. The second kappa shape index (κ2) is 10.2. The lowest BCUT2D eigenvalue weighted by molar-refractivity contribution is -0.122. The van der Waals surface area contributed by atoms with Gasteiger partial charge in [0.15, 0.2) is 0 Å². The zero-order valence-electron chi connectivity index (χ0n) is 17.9. The summed E-state index contributed by atoms with van der Waals surface area (Å²) in [5.41, 5.74) is 1.02. The van der Waals surface area contributed by atoms with Crippen LogP contribution in [-0.2, 0) is 11.3 Å². The van der Waals surface area contributed by atoms with Crippen molar-refractivity contribution in [3.63, 3.8) is 0 Å². The van der Waals surface area contributed by atoms with Crippen molar-refractivity contribution in [3.05, 3.63) is 52.6 Å². The van der Waals surface area contributed by atoms with Crippen LogP contribution < -0.4 is 10.9 Å². The molecule has 1 fully saturated rings. The van der Waals surface area contributed by atoms with Gasteiger partial charge in [-0.1, -0.05) is 43.7 Å². The summed E-state index contributed by atoms with van der Waals surface area (Å²) in [4.78, 5) is 38.6. The number of benzene rings is 1. The van der Waals surface area contributed by atoms with Gasteiger partial charge >= 0.3 is 0 Å². The maximum Gasteiger partial charge on any atom is 0.259 e. The molecule has 0 atom stereocenters. The number of rotatable bonds is 8. The number of nitrogens with one attached hydrogen (secondary N) is 2. The largest absolute Gasteiger partial charge is 0.355 e. The number of fused-ring (bicyclic) bond motifs is 1. The van der Waals surface area contributed by atoms with Gasteiger partial charge in [-0.3, -0.25) is 19.4 Å². The Morgan fingerprint density at radius 2 is 1.90 bits per heavy atom. The first-order valence-electron chi connectivity index (χ1n) is 10.9. The minimum absolute atomic E-state index is 0.0826. The molecule has 0 spiro atoms. The van der Waals surface area contributed by atoms with Crippen LogP contribution in [0.1, 0.15) is 25.6 Å². The lowest BCUT2D eigenvalue weighted by Crippen LogP contribution is -2.49. The summed E-state index contributed by atoms with van der Waals surface area (Å²) < 4.78 is 0. The monoisotopic (exact) mass is 439 g/mol. The highest BCUT2D eigenvalue weighted by molar-refractivity contribution is 7.21. The molecule has 164 valence electrons. The number of nitrogens with zero attached hydrogens (tertiary/aromatic N) is 3. The average Bonchev–Trinajstić information content (AvgIpc) is 3.21. The summed E-state index contributed by atoms with van der Waals surface area (Å²) >= 11 is 1.55. The highest BCUT2D eigenvalue weighted by Gasteiger charge is 2.20. The molecule has 0 saturated carbocycles. The van der Waals surface area contributed by atoms with E-state index in [0.29, 0.717) is 24.3 Å². The van der Waals surface area contributed by atoms with E-state index in [1.54, 1.807) is 11.3 Å². The van der Waals surface area contributed by atoms with Crippen molar-refractivity contribution >= 4 is 27.5 Å². The van der Waals surface area contributed by atoms with Crippen molar-refractivity contribution in [1.29, 1.82) is 0 Å². The Morgan fingerprint density at radius 1 is 1.16 bits per heavy atom. The zero-order chi connectivity index (χ0) is 21.6. The van der Waals surface area contributed by atoms with Gasteiger partial charge in [-0.05, 0) is 18.1 Å². The summed E-state index contributed by atoms with van der Waals surface area (Å²) in [6, 6.07) is 12.0. The SMILES string of the molecule is CCCCNC(=O)CN1CCN(Cc2nc3sc(-c4ccccc4)cc3c(=O)[nH]2)CC1. The number of unbranched alkanes of at least 4 members (excludes halogenated alkanes) is 1. The molecular formula is C23H29N5O2S. The highest BCUT2D eigenvalue weighted by Crippen LogP contribution is 2.30. The molecule has 1 aromatic carbocycles. The van der Waals surface area contributed by atoms with Crippen molar-refractivity contribution in [2.45, 2.75) is 26.3 Å². The molecule has 7 nitrogen and oxygen atoms in total. The first kappa shape index (κ1) is 21.7. The second-order valence-electron chi connectivity index (χ2n) is 7.96. The van der Waals surface area contributed by atoms with E-state index in [9.17, 15) is 9.59 Å². The molecule has 31 heavy (non-hydrogen) atoms. The molecule has 0 unspecified atom stereocenters. The molecule has 3 heterocycles. The molecule has 1 aliphatic rings. The number of carbonyl (C=O) groups is 1. The van der Waals surface area contributed by atoms with Crippen LogP contribution in [0.25, 0.3) is 20.7 Å². The predicted molar refractivity (Wildman–Crippen MR) is 125 cm³/mol. The summed E-state index contributed by atoms with van der Waals surface area (Å²) in [5, 5.41) is 3.62. The number of carbonyl (C=O) groups excluding carboxylic acids is 1. The quantitative estimate of drug-likeness (QED) is 0.528. The van der Waals surface area contributed by atoms with Crippen LogP contribution in [-0.4, -0.2) is 64.9 Å². The van der Waals surface area contributed by atoms with Crippen molar-refractivity contribution in [2.24, 2.45) is 0 Å². The van der Waals surface area contributed by atoms with Crippen LogP contribution in [0.2, 0.25) is 0 Å². The molecule has 1 aliphatic heterocycles. The molecule has 0 bridgehead atoms. The molecule has 8 heteroatoms. The Balaban J connectivity index is 1.35. The lowest BCUT2D eigenvalue weighted by atomic mass is 10.2. The summed E-state index contributed by atoms with van der Waals surface area (Å²) in [6.45, 7) is 7.32. The van der Waals surface area contributed by atoms with E-state index in [2.05, 4.69) is 27.0 Å². The van der Waals surface area contributed by atoms with Gasteiger partial charge in [0.1, 0.15) is 10.7 Å². The molecule has 1 saturated heterocycles. The predicted octanol–water partition coefficient (Wildman–Crippen LogP) is 2.69. The van der Waals surface area contributed by atoms with Gasteiger partial charge < -0.3 is 10.3 Å². The van der Waals surface area contributed by atoms with E-state index < -0.39 is 0 Å². The number of piperazine rings is 1. The third kappa shape index (κ3) is 5.58. The number of aromatic nitrogens is 2. The van der Waals surface area contributed by atoms with Crippen LogP contribution in [0, 0.1) is 0 Å². The van der Waals surface area contributed by atoms with Crippen molar-refractivity contribution in [2.75, 3.05) is 39.3 Å². The number of thiophene rings is 1. The van der Waals surface area contributed by atoms with E-state index in [0.717, 1.165) is 60.8 Å². The highest BCUT2D eigenvalue weighted by atomic mass is 32.1. The topological polar surface area (TPSA) is 81.3 Å². The number of aromatic amines is 1. The molecule has 1 amide bonds. The molecule has 4 rings (SSSR count). The van der Waals surface area contributed by atoms with Crippen LogP contribution in [0.3, 0.4) is 0 Å². The van der Waals surface area contributed by atoms with Crippen LogP contribution >= 0.6 is 11.3 Å². The third-order valence-corrected chi connectivity index (χ3v) is 6.65. The van der Waals surface area contributed by atoms with Crippen LogP contribution in [0.4, 0.5) is 0 Å². The van der Waals surface area contributed by atoms with Crippen molar-refractivity contribution in [1.82, 2.24) is 25.1 Å². The molecule has 2 aromatic heterocycles. The first-order valence-corrected chi connectivity index (χ1v) is 11.7. The zero-order valence-corrected chi connectivity index (χ0v) is 18.7. The Morgan fingerprint density at radius 3 is 2.65 bits per heavy atom. The van der Waals surface area contributed by atoms with Crippen molar-refractivity contribution < 1.29 is 4.79 Å². The van der Waals surface area contributed by atoms with E-state index in [1.165, 1.54) is 0 Å². The Labute approximate surface area is 186 Å². The van der Waals surface area contributed by atoms with Gasteiger partial charge in [0.25, 0.3) is 5.56 Å². The normalized spacial score (nSPS) is 15.4. The molecule has 0 radical (unpaired) electrons. The Bertz CT molecular complexity index is 1070. The van der Waals surface area contributed by atoms with E-state index in [4.69, 9.17) is 4.98 Å². The van der Waals surface area contributed by atoms with Crippen LogP contribution in [0.5, 0.6) is 0 Å². The summed E-state index contributed by atoms with van der Waals surface area (Å²) in [5.74, 6) is 0.801. The Hall–Kier alpha value is -2.55. The summed E-state index contributed by atoms with van der Waals surface area (Å²) in [6.07, 6.45) is 2.10. The first-order chi connectivity index (χ1) is 15.1. The summed E-state index contributed by atoms with van der Waals surface area (Å²) in [7, 11) is 0. The van der Waals surface area contributed by atoms with E-state index in [1.807, 2.05) is 36.4 Å². The van der Waals surface area contributed by atoms with E-state index in [-0.39, 0.29) is 11.5 Å². The van der Waals surface area contributed by atoms with E-state index >= 15 is 0 Å². The van der Waals surface area contributed by atoms with Gasteiger partial charge in [-0.25, -0.2) is 4.98 Å². The molecular weight excluding hydrogens is 410 g/mol. The van der Waals surface area contributed by atoms with Gasteiger partial charge in [0.2, 0.25) is 5.91 Å². The number of hydrogen-bond acceptors (Lipinski definition) is 6. The van der Waals surface area contributed by atoms with Crippen LogP contribution in [0.15, 0.2) is 41.2 Å². The number of amides is 1. The minimum atomic E-state index is -0.0826.